The number of fused-ring (bicyclic) bond motifs is 2. The number of nitrogens with two attached hydrogens (primary N) is 1. The van der Waals surface area contributed by atoms with Crippen LogP contribution in [0.2, 0.25) is 0 Å². The highest BCUT2D eigenvalue weighted by Crippen LogP contribution is 2.35. The highest BCUT2D eigenvalue weighted by Gasteiger charge is 2.38. The van der Waals surface area contributed by atoms with Crippen molar-refractivity contribution >= 4 is 28.5 Å². The van der Waals surface area contributed by atoms with Crippen molar-refractivity contribution in [1.82, 2.24) is 9.91 Å². The molecule has 2 atom stereocenters. The van der Waals surface area contributed by atoms with Gasteiger partial charge in [0.15, 0.2) is 5.76 Å². The largest absolute Gasteiger partial charge is 0.467 e. The molecule has 0 saturated heterocycles. The molecule has 8 nitrogen and oxygen atoms in total. The lowest BCUT2D eigenvalue weighted by molar-refractivity contribution is -0.136. The molecule has 2 aromatic heterocycles. The van der Waals surface area contributed by atoms with Crippen LogP contribution in [0.1, 0.15) is 35.1 Å². The van der Waals surface area contributed by atoms with Crippen molar-refractivity contribution in [2.45, 2.75) is 31.5 Å². The van der Waals surface area contributed by atoms with Crippen molar-refractivity contribution in [3.63, 3.8) is 0 Å². The van der Waals surface area contributed by atoms with E-state index in [9.17, 15) is 9.59 Å². The van der Waals surface area contributed by atoms with Gasteiger partial charge in [0.1, 0.15) is 23.1 Å². The molecular formula is C27H24N4O4. The van der Waals surface area contributed by atoms with Crippen LogP contribution in [0.4, 0.5) is 0 Å². The monoisotopic (exact) mass is 468 g/mol. The summed E-state index contributed by atoms with van der Waals surface area (Å²) in [6.07, 6.45) is 2.52. The molecule has 2 amide bonds. The molecule has 176 valence electrons. The Hall–Kier alpha value is -4.17. The van der Waals surface area contributed by atoms with Gasteiger partial charge in [-0.25, -0.2) is 5.01 Å². The van der Waals surface area contributed by atoms with E-state index in [4.69, 9.17) is 14.6 Å². The van der Waals surface area contributed by atoms with E-state index in [2.05, 4.69) is 5.10 Å². The van der Waals surface area contributed by atoms with Crippen molar-refractivity contribution in [3.8, 4) is 0 Å². The molecule has 0 aliphatic carbocycles. The Kier molecular flexibility index (Phi) is 5.22. The van der Waals surface area contributed by atoms with Crippen LogP contribution in [0.15, 0.2) is 86.9 Å². The average molecular weight is 469 g/mol. The molecule has 2 aromatic carbocycles. The van der Waals surface area contributed by atoms with Crippen LogP contribution in [-0.2, 0) is 22.6 Å². The fraction of sp³-hybridized carbons (Fsp3) is 0.222. The number of carbonyl (C=O) groups excluding carboxylic acids is 2. The minimum Gasteiger partial charge on any atom is -0.467 e. The van der Waals surface area contributed by atoms with Crippen LogP contribution in [0.5, 0.6) is 0 Å². The number of primary amides is 1. The topological polar surface area (TPSA) is 105 Å². The molecule has 4 heterocycles. The average Bonchev–Trinajstić information content (AvgIpc) is 3.62. The van der Waals surface area contributed by atoms with Gasteiger partial charge in [-0.05, 0) is 41.8 Å². The molecular weight excluding hydrogens is 444 g/mol. The summed E-state index contributed by atoms with van der Waals surface area (Å²) >= 11 is 0. The molecule has 0 saturated carbocycles. The standard InChI is InChI=1S/C27H24N4O4/c28-27(33)22-12-17-6-1-2-8-19(17)15-30(22)16-26(32)31-21(24-10-5-11-34-24)14-20(29-31)25-13-18-7-3-4-9-23(18)35-25/h1-11,13,21-22H,12,14-16H2,(H2,28,33)/t21?,22-/m0/s1. The summed E-state index contributed by atoms with van der Waals surface area (Å²) in [7, 11) is 0. The van der Waals surface area contributed by atoms with E-state index in [-0.39, 0.29) is 12.5 Å². The third-order valence-corrected chi connectivity index (χ3v) is 6.76. The molecule has 0 spiro atoms. The van der Waals surface area contributed by atoms with Gasteiger partial charge >= 0.3 is 0 Å². The SMILES string of the molecule is NC(=O)[C@@H]1Cc2ccccc2CN1CC(=O)N1N=C(c2cc3ccccc3o2)CC1c1ccco1. The molecule has 8 heteroatoms. The Balaban J connectivity index is 1.30. The third-order valence-electron chi connectivity index (χ3n) is 6.76. The Bertz CT molecular complexity index is 1410. The molecule has 0 radical (unpaired) electrons. The summed E-state index contributed by atoms with van der Waals surface area (Å²) in [5.74, 6) is 0.592. The van der Waals surface area contributed by atoms with Crippen LogP contribution in [0, 0.1) is 0 Å². The number of carbonyl (C=O) groups is 2. The number of hydrogen-bond acceptors (Lipinski definition) is 6. The van der Waals surface area contributed by atoms with Crippen LogP contribution < -0.4 is 5.73 Å². The lowest BCUT2D eigenvalue weighted by atomic mass is 9.93. The van der Waals surface area contributed by atoms with Gasteiger partial charge < -0.3 is 14.6 Å². The lowest BCUT2D eigenvalue weighted by Gasteiger charge is -2.35. The number of para-hydroxylation sites is 1. The normalized spacial score (nSPS) is 20.1. The molecule has 6 rings (SSSR count). The number of benzene rings is 2. The predicted octanol–water partition coefficient (Wildman–Crippen LogP) is 3.62. The molecule has 1 unspecified atom stereocenters. The number of furan rings is 2. The zero-order chi connectivity index (χ0) is 23.9. The van der Waals surface area contributed by atoms with E-state index in [1.807, 2.05) is 65.6 Å². The second kappa shape index (κ2) is 8.56. The first kappa shape index (κ1) is 21.4. The van der Waals surface area contributed by atoms with Gasteiger partial charge in [0.25, 0.3) is 5.91 Å². The second-order valence-corrected chi connectivity index (χ2v) is 8.96. The van der Waals surface area contributed by atoms with Gasteiger partial charge in [-0.3, -0.25) is 14.5 Å². The third kappa shape index (κ3) is 3.91. The summed E-state index contributed by atoms with van der Waals surface area (Å²) < 4.78 is 11.7. The number of nitrogens with zero attached hydrogens (tertiary/aromatic N) is 3. The number of hydrazone groups is 1. The smallest absolute Gasteiger partial charge is 0.257 e. The van der Waals surface area contributed by atoms with Gasteiger partial charge in [0.2, 0.25) is 5.91 Å². The highest BCUT2D eigenvalue weighted by atomic mass is 16.3. The molecule has 0 bridgehead atoms. The minimum atomic E-state index is -0.558. The number of rotatable bonds is 5. The van der Waals surface area contributed by atoms with Gasteiger partial charge in [-0.2, -0.15) is 5.10 Å². The quantitative estimate of drug-likeness (QED) is 0.482. The van der Waals surface area contributed by atoms with Crippen LogP contribution >= 0.6 is 0 Å². The molecule has 4 aromatic rings. The van der Waals surface area contributed by atoms with Crippen LogP contribution in [0.25, 0.3) is 11.0 Å². The first-order valence-electron chi connectivity index (χ1n) is 11.6. The summed E-state index contributed by atoms with van der Waals surface area (Å²) in [4.78, 5) is 27.7. The zero-order valence-electron chi connectivity index (χ0n) is 19.0. The maximum atomic E-state index is 13.6. The van der Waals surface area contributed by atoms with E-state index in [0.29, 0.717) is 36.6 Å². The highest BCUT2D eigenvalue weighted by molar-refractivity contribution is 6.03. The van der Waals surface area contributed by atoms with Gasteiger partial charge in [0, 0.05) is 18.4 Å². The first-order valence-corrected chi connectivity index (χ1v) is 11.6. The van der Waals surface area contributed by atoms with Crippen molar-refractivity contribution in [1.29, 1.82) is 0 Å². The van der Waals surface area contributed by atoms with Gasteiger partial charge in [-0.1, -0.05) is 42.5 Å². The van der Waals surface area contributed by atoms with E-state index in [1.54, 1.807) is 12.3 Å². The number of hydrogen-bond donors (Lipinski definition) is 1. The van der Waals surface area contributed by atoms with E-state index in [0.717, 1.165) is 22.1 Å². The summed E-state index contributed by atoms with van der Waals surface area (Å²) in [5.41, 5.74) is 9.33. The first-order chi connectivity index (χ1) is 17.1. The Morgan fingerprint density at radius 1 is 1.00 bits per heavy atom. The van der Waals surface area contributed by atoms with E-state index in [1.165, 1.54) is 5.01 Å². The molecule has 2 aliphatic rings. The maximum absolute atomic E-state index is 13.6. The Labute approximate surface area is 201 Å². The Morgan fingerprint density at radius 3 is 2.57 bits per heavy atom. The summed E-state index contributed by atoms with van der Waals surface area (Å²) in [6.45, 7) is 0.477. The van der Waals surface area contributed by atoms with Crippen molar-refractivity contribution in [3.05, 3.63) is 95.6 Å². The van der Waals surface area contributed by atoms with Crippen LogP contribution in [0.3, 0.4) is 0 Å². The molecule has 2 N–H and O–H groups in total. The fourth-order valence-electron chi connectivity index (χ4n) is 4.99. The Morgan fingerprint density at radius 2 is 1.80 bits per heavy atom. The van der Waals surface area contributed by atoms with Crippen molar-refractivity contribution < 1.29 is 18.4 Å². The number of amides is 2. The fourth-order valence-corrected chi connectivity index (χ4v) is 4.99. The van der Waals surface area contributed by atoms with E-state index >= 15 is 0 Å². The molecule has 0 fully saturated rings. The van der Waals surface area contributed by atoms with Crippen molar-refractivity contribution in [2.75, 3.05) is 6.54 Å². The predicted molar refractivity (Wildman–Crippen MR) is 129 cm³/mol. The second-order valence-electron chi connectivity index (χ2n) is 8.96. The van der Waals surface area contributed by atoms with Crippen LogP contribution in [-0.4, -0.2) is 40.0 Å². The van der Waals surface area contributed by atoms with Crippen molar-refractivity contribution in [2.24, 2.45) is 10.8 Å². The minimum absolute atomic E-state index is 0.00998. The van der Waals surface area contributed by atoms with Gasteiger partial charge in [-0.15, -0.1) is 0 Å². The summed E-state index contributed by atoms with van der Waals surface area (Å²) in [5, 5.41) is 7.11. The summed E-state index contributed by atoms with van der Waals surface area (Å²) in [6, 6.07) is 20.3. The molecule has 35 heavy (non-hydrogen) atoms. The maximum Gasteiger partial charge on any atom is 0.257 e. The lowest BCUT2D eigenvalue weighted by Crippen LogP contribution is -2.51. The van der Waals surface area contributed by atoms with Gasteiger partial charge in [0.05, 0.1) is 18.8 Å². The van der Waals surface area contributed by atoms with E-state index < -0.39 is 18.0 Å². The molecule has 2 aliphatic heterocycles. The zero-order valence-corrected chi connectivity index (χ0v) is 19.0.